The van der Waals surface area contributed by atoms with Crippen molar-refractivity contribution >= 4 is 45.9 Å². The van der Waals surface area contributed by atoms with Gasteiger partial charge in [-0.1, -0.05) is 53.8 Å². The lowest BCUT2D eigenvalue weighted by molar-refractivity contribution is -0.175. The van der Waals surface area contributed by atoms with E-state index < -0.39 is 11.7 Å². The number of ether oxygens (including phenoxy) is 1. The van der Waals surface area contributed by atoms with Crippen LogP contribution < -0.4 is 0 Å². The summed E-state index contributed by atoms with van der Waals surface area (Å²) in [6.07, 6.45) is 0. The van der Waals surface area contributed by atoms with Crippen LogP contribution in [-0.4, -0.2) is 38.4 Å². The normalized spacial score (nSPS) is 22.1. The highest BCUT2D eigenvalue weighted by Crippen LogP contribution is 2.34. The summed E-state index contributed by atoms with van der Waals surface area (Å²) < 4.78 is 5.40. The number of aliphatic hydroxyl groups is 1. The van der Waals surface area contributed by atoms with E-state index in [2.05, 4.69) is 0 Å². The molecule has 1 saturated heterocycles. The predicted molar refractivity (Wildman–Crippen MR) is 83.6 cm³/mol. The van der Waals surface area contributed by atoms with E-state index in [1.807, 2.05) is 18.2 Å². The van der Waals surface area contributed by atoms with Crippen molar-refractivity contribution in [3.8, 4) is 0 Å². The molecule has 2 rings (SSSR count). The van der Waals surface area contributed by atoms with E-state index in [0.717, 1.165) is 5.56 Å². The number of benzene rings is 1. The van der Waals surface area contributed by atoms with Gasteiger partial charge in [0.2, 0.25) is 5.72 Å². The van der Waals surface area contributed by atoms with Crippen LogP contribution >= 0.6 is 35.6 Å². The number of hydrogen-bond acceptors (Lipinski definition) is 5. The monoisotopic (exact) mass is 331 g/mol. The van der Waals surface area contributed by atoms with Gasteiger partial charge in [0.15, 0.2) is 0 Å². The molecular formula is C13H14ClNO3S2. The summed E-state index contributed by atoms with van der Waals surface area (Å²) in [5.74, 6) is -0.519. The van der Waals surface area contributed by atoms with Gasteiger partial charge < -0.3 is 14.7 Å². The fourth-order valence-corrected chi connectivity index (χ4v) is 3.43. The molecule has 0 saturated carbocycles. The molecule has 1 aliphatic rings. The highest BCUT2D eigenvalue weighted by Gasteiger charge is 2.50. The van der Waals surface area contributed by atoms with Crippen LogP contribution in [0.2, 0.25) is 5.02 Å². The van der Waals surface area contributed by atoms with Crippen LogP contribution in [0.4, 0.5) is 0 Å². The van der Waals surface area contributed by atoms with E-state index in [4.69, 9.17) is 28.6 Å². The van der Waals surface area contributed by atoms with Crippen molar-refractivity contribution in [2.24, 2.45) is 0 Å². The first kappa shape index (κ1) is 15.6. The molecule has 0 spiro atoms. The zero-order valence-corrected chi connectivity index (χ0v) is 13.2. The molecule has 0 aliphatic carbocycles. The minimum absolute atomic E-state index is 0.162. The van der Waals surface area contributed by atoms with E-state index >= 15 is 0 Å². The standard InChI is InChI=1S/C13H14ClNO3S2/c1-2-18-11(16)13(17)8-20-12(19)15(13)7-9-5-3-4-6-10(9)14/h3-6,17H,2,7-8H2,1H3. The van der Waals surface area contributed by atoms with Gasteiger partial charge in [0.25, 0.3) is 0 Å². The molecule has 20 heavy (non-hydrogen) atoms. The second-order valence-corrected chi connectivity index (χ2v) is 6.29. The third kappa shape index (κ3) is 2.93. The van der Waals surface area contributed by atoms with Crippen LogP contribution in [0.1, 0.15) is 12.5 Å². The van der Waals surface area contributed by atoms with E-state index in [0.29, 0.717) is 9.34 Å². The van der Waals surface area contributed by atoms with Crippen molar-refractivity contribution in [1.82, 2.24) is 4.90 Å². The molecule has 1 fully saturated rings. The van der Waals surface area contributed by atoms with Gasteiger partial charge in [0, 0.05) is 11.6 Å². The van der Waals surface area contributed by atoms with Crippen LogP contribution in [0.3, 0.4) is 0 Å². The zero-order chi connectivity index (χ0) is 14.8. The fourth-order valence-electron chi connectivity index (χ4n) is 1.88. The summed E-state index contributed by atoms with van der Waals surface area (Å²) in [6.45, 7) is 2.17. The van der Waals surface area contributed by atoms with Gasteiger partial charge in [0.05, 0.1) is 12.4 Å². The Balaban J connectivity index is 2.25. The number of esters is 1. The minimum atomic E-state index is -1.73. The predicted octanol–water partition coefficient (Wildman–Crippen LogP) is 2.43. The number of thiocarbonyl (C=S) groups is 1. The Morgan fingerprint density at radius 1 is 1.60 bits per heavy atom. The molecule has 7 heteroatoms. The van der Waals surface area contributed by atoms with Crippen LogP contribution in [0.15, 0.2) is 24.3 Å². The Morgan fingerprint density at radius 3 is 2.95 bits per heavy atom. The van der Waals surface area contributed by atoms with Gasteiger partial charge in [-0.05, 0) is 18.6 Å². The molecule has 108 valence electrons. The van der Waals surface area contributed by atoms with Crippen molar-refractivity contribution in [2.45, 2.75) is 19.2 Å². The number of rotatable bonds is 4. The maximum absolute atomic E-state index is 12.0. The largest absolute Gasteiger partial charge is 0.462 e. The lowest BCUT2D eigenvalue weighted by Crippen LogP contribution is -2.53. The summed E-state index contributed by atoms with van der Waals surface area (Å²) >= 11 is 12.6. The van der Waals surface area contributed by atoms with Crippen molar-refractivity contribution in [3.05, 3.63) is 34.9 Å². The van der Waals surface area contributed by atoms with E-state index in [9.17, 15) is 9.90 Å². The Labute approximate surface area is 132 Å². The van der Waals surface area contributed by atoms with E-state index in [1.54, 1.807) is 13.0 Å². The number of hydrogen-bond donors (Lipinski definition) is 1. The fraction of sp³-hybridized carbons (Fsp3) is 0.385. The average molecular weight is 332 g/mol. The van der Waals surface area contributed by atoms with Crippen molar-refractivity contribution < 1.29 is 14.6 Å². The smallest absolute Gasteiger partial charge is 0.360 e. The Bertz CT molecular complexity index is 540. The highest BCUT2D eigenvalue weighted by atomic mass is 35.5. The van der Waals surface area contributed by atoms with Gasteiger partial charge in [-0.2, -0.15) is 0 Å². The molecule has 1 aliphatic heterocycles. The number of nitrogens with zero attached hydrogens (tertiary/aromatic N) is 1. The number of carbonyl (C=O) groups is 1. The maximum Gasteiger partial charge on any atom is 0.360 e. The van der Waals surface area contributed by atoms with Gasteiger partial charge in [0.1, 0.15) is 4.32 Å². The minimum Gasteiger partial charge on any atom is -0.462 e. The molecule has 1 N–H and O–H groups in total. The molecule has 0 amide bonds. The molecule has 1 heterocycles. The number of halogens is 1. The summed E-state index contributed by atoms with van der Waals surface area (Å²) in [5.41, 5.74) is -0.932. The molecule has 0 bridgehead atoms. The van der Waals surface area contributed by atoms with Crippen LogP contribution in [0, 0.1) is 0 Å². The number of thioether (sulfide) groups is 1. The topological polar surface area (TPSA) is 49.8 Å². The first-order valence-corrected chi connectivity index (χ1v) is 7.83. The maximum atomic E-state index is 12.0. The summed E-state index contributed by atoms with van der Waals surface area (Å²) in [4.78, 5) is 13.4. The Hall–Kier alpha value is -0.820. The van der Waals surface area contributed by atoms with Crippen molar-refractivity contribution in [3.63, 3.8) is 0 Å². The first-order chi connectivity index (χ1) is 9.49. The van der Waals surface area contributed by atoms with Gasteiger partial charge in [-0.25, -0.2) is 4.79 Å². The molecule has 1 unspecified atom stereocenters. The third-order valence-electron chi connectivity index (χ3n) is 2.95. The lowest BCUT2D eigenvalue weighted by Gasteiger charge is -2.31. The van der Waals surface area contributed by atoms with Crippen LogP contribution in [0.5, 0.6) is 0 Å². The Morgan fingerprint density at radius 2 is 2.30 bits per heavy atom. The molecule has 1 aromatic carbocycles. The number of carbonyl (C=O) groups excluding carboxylic acids is 1. The molecule has 1 atom stereocenters. The molecule has 4 nitrogen and oxygen atoms in total. The van der Waals surface area contributed by atoms with Crippen LogP contribution in [-0.2, 0) is 16.1 Å². The second-order valence-electron chi connectivity index (χ2n) is 4.27. The zero-order valence-electron chi connectivity index (χ0n) is 10.8. The quantitative estimate of drug-likeness (QED) is 0.675. The van der Waals surface area contributed by atoms with E-state index in [-0.39, 0.29) is 18.9 Å². The van der Waals surface area contributed by atoms with Gasteiger partial charge in [-0.15, -0.1) is 0 Å². The Kier molecular flexibility index (Phi) is 4.90. The van der Waals surface area contributed by atoms with Crippen LogP contribution in [0.25, 0.3) is 0 Å². The summed E-state index contributed by atoms with van der Waals surface area (Å²) in [5, 5.41) is 11.1. The molecule has 0 radical (unpaired) electrons. The van der Waals surface area contributed by atoms with Crippen molar-refractivity contribution in [1.29, 1.82) is 0 Å². The van der Waals surface area contributed by atoms with E-state index in [1.165, 1.54) is 16.7 Å². The van der Waals surface area contributed by atoms with Gasteiger partial charge >= 0.3 is 5.97 Å². The second kappa shape index (κ2) is 6.30. The van der Waals surface area contributed by atoms with Crippen molar-refractivity contribution in [2.75, 3.05) is 12.4 Å². The molecule has 1 aromatic rings. The van der Waals surface area contributed by atoms with Gasteiger partial charge in [-0.3, -0.25) is 0 Å². The third-order valence-corrected chi connectivity index (χ3v) is 4.91. The first-order valence-electron chi connectivity index (χ1n) is 6.06. The summed E-state index contributed by atoms with van der Waals surface area (Å²) in [7, 11) is 0. The average Bonchev–Trinajstić information content (AvgIpc) is 2.71. The highest BCUT2D eigenvalue weighted by molar-refractivity contribution is 8.23. The lowest BCUT2D eigenvalue weighted by atomic mass is 10.1. The molecule has 0 aromatic heterocycles. The SMILES string of the molecule is CCOC(=O)C1(O)CSC(=S)N1Cc1ccccc1Cl. The molecular weight excluding hydrogens is 318 g/mol. The summed E-state index contributed by atoms with van der Waals surface area (Å²) in [6, 6.07) is 7.25.